The van der Waals surface area contributed by atoms with Crippen molar-refractivity contribution in [3.05, 3.63) is 53.3 Å². The van der Waals surface area contributed by atoms with E-state index in [1.165, 1.54) is 11.1 Å². The molecule has 0 unspecified atom stereocenters. The predicted octanol–water partition coefficient (Wildman–Crippen LogP) is 3.33. The maximum atomic E-state index is 12.1. The molecule has 128 valence electrons. The quantitative estimate of drug-likeness (QED) is 0.730. The molecular weight excluding hydrogens is 302 g/mol. The fourth-order valence-electron chi connectivity index (χ4n) is 2.54. The first kappa shape index (κ1) is 17.9. The van der Waals surface area contributed by atoms with E-state index in [4.69, 9.17) is 4.74 Å². The second-order valence-corrected chi connectivity index (χ2v) is 5.46. The molecular formula is C19H25N3O2. The Morgan fingerprint density at radius 2 is 1.88 bits per heavy atom. The SMILES string of the molecule is CCc1cccc(CC)c1Nc1ccnc(C(=O)NCCOC)c1. The summed E-state index contributed by atoms with van der Waals surface area (Å²) >= 11 is 0. The Balaban J connectivity index is 2.20. The smallest absolute Gasteiger partial charge is 0.270 e. The van der Waals surface area contributed by atoms with Gasteiger partial charge in [-0.2, -0.15) is 0 Å². The number of anilines is 2. The van der Waals surface area contributed by atoms with E-state index in [1.807, 2.05) is 6.07 Å². The van der Waals surface area contributed by atoms with E-state index >= 15 is 0 Å². The molecule has 0 radical (unpaired) electrons. The maximum absolute atomic E-state index is 12.1. The number of nitrogens with one attached hydrogen (secondary N) is 2. The van der Waals surface area contributed by atoms with Crippen LogP contribution in [0.5, 0.6) is 0 Å². The molecule has 2 N–H and O–H groups in total. The molecule has 0 aliphatic carbocycles. The molecule has 2 aromatic rings. The monoisotopic (exact) mass is 327 g/mol. The van der Waals surface area contributed by atoms with Crippen LogP contribution < -0.4 is 10.6 Å². The van der Waals surface area contributed by atoms with Gasteiger partial charge in [0.1, 0.15) is 5.69 Å². The van der Waals surface area contributed by atoms with E-state index in [0.717, 1.165) is 24.2 Å². The fraction of sp³-hybridized carbons (Fsp3) is 0.368. The van der Waals surface area contributed by atoms with Gasteiger partial charge in [-0.05, 0) is 36.1 Å². The number of amides is 1. The minimum atomic E-state index is -0.199. The molecule has 0 bridgehead atoms. The Kier molecular flexibility index (Phi) is 6.75. The lowest BCUT2D eigenvalue weighted by Gasteiger charge is -2.16. The molecule has 0 atom stereocenters. The fourth-order valence-corrected chi connectivity index (χ4v) is 2.54. The summed E-state index contributed by atoms with van der Waals surface area (Å²) in [6.45, 7) is 5.23. The topological polar surface area (TPSA) is 63.2 Å². The Morgan fingerprint density at radius 3 is 2.50 bits per heavy atom. The van der Waals surface area contributed by atoms with Crippen molar-refractivity contribution < 1.29 is 9.53 Å². The molecule has 1 aromatic heterocycles. The lowest BCUT2D eigenvalue weighted by Crippen LogP contribution is -2.27. The van der Waals surface area contributed by atoms with Crippen molar-refractivity contribution in [1.82, 2.24) is 10.3 Å². The van der Waals surface area contributed by atoms with Gasteiger partial charge in [0.2, 0.25) is 0 Å². The summed E-state index contributed by atoms with van der Waals surface area (Å²) in [6.07, 6.45) is 3.55. The van der Waals surface area contributed by atoms with Gasteiger partial charge in [0.05, 0.1) is 6.61 Å². The summed E-state index contributed by atoms with van der Waals surface area (Å²) in [5.41, 5.74) is 4.90. The highest BCUT2D eigenvalue weighted by Gasteiger charge is 2.10. The number of benzene rings is 1. The van der Waals surface area contributed by atoms with E-state index < -0.39 is 0 Å². The second kappa shape index (κ2) is 9.03. The summed E-state index contributed by atoms with van der Waals surface area (Å²) in [5, 5.41) is 6.24. The number of nitrogens with zero attached hydrogens (tertiary/aromatic N) is 1. The van der Waals surface area contributed by atoms with Crippen molar-refractivity contribution in [2.75, 3.05) is 25.6 Å². The van der Waals surface area contributed by atoms with Gasteiger partial charge in [-0.15, -0.1) is 0 Å². The van der Waals surface area contributed by atoms with Crippen LogP contribution in [0, 0.1) is 0 Å². The third-order valence-electron chi connectivity index (χ3n) is 3.85. The van der Waals surface area contributed by atoms with E-state index in [-0.39, 0.29) is 5.91 Å². The van der Waals surface area contributed by atoms with E-state index in [0.29, 0.717) is 18.8 Å². The number of para-hydroxylation sites is 1. The van der Waals surface area contributed by atoms with Gasteiger partial charge in [0, 0.05) is 31.2 Å². The molecule has 2 rings (SSSR count). The van der Waals surface area contributed by atoms with Gasteiger partial charge < -0.3 is 15.4 Å². The molecule has 1 aromatic carbocycles. The van der Waals surface area contributed by atoms with Crippen molar-refractivity contribution in [3.63, 3.8) is 0 Å². The zero-order chi connectivity index (χ0) is 17.4. The molecule has 0 aliphatic heterocycles. The molecule has 0 spiro atoms. The number of hydrogen-bond acceptors (Lipinski definition) is 4. The summed E-state index contributed by atoms with van der Waals surface area (Å²) in [6, 6.07) is 9.98. The second-order valence-electron chi connectivity index (χ2n) is 5.46. The van der Waals surface area contributed by atoms with Crippen LogP contribution in [0.1, 0.15) is 35.5 Å². The number of rotatable bonds is 8. The van der Waals surface area contributed by atoms with Crippen LogP contribution in [0.2, 0.25) is 0 Å². The van der Waals surface area contributed by atoms with Crippen LogP contribution in [0.15, 0.2) is 36.5 Å². The van der Waals surface area contributed by atoms with Crippen molar-refractivity contribution in [1.29, 1.82) is 0 Å². The third kappa shape index (κ3) is 4.55. The number of carbonyl (C=O) groups is 1. The highest BCUT2D eigenvalue weighted by atomic mass is 16.5. The largest absolute Gasteiger partial charge is 0.383 e. The van der Waals surface area contributed by atoms with Crippen molar-refractivity contribution in [2.45, 2.75) is 26.7 Å². The van der Waals surface area contributed by atoms with Crippen molar-refractivity contribution in [2.24, 2.45) is 0 Å². The third-order valence-corrected chi connectivity index (χ3v) is 3.85. The minimum absolute atomic E-state index is 0.199. The predicted molar refractivity (Wildman–Crippen MR) is 96.9 cm³/mol. The molecule has 0 aliphatic rings. The number of hydrogen-bond donors (Lipinski definition) is 2. The van der Waals surface area contributed by atoms with Crippen LogP contribution >= 0.6 is 0 Å². The van der Waals surface area contributed by atoms with Crippen molar-refractivity contribution in [3.8, 4) is 0 Å². The van der Waals surface area contributed by atoms with Crippen LogP contribution in [-0.2, 0) is 17.6 Å². The van der Waals surface area contributed by atoms with E-state index in [9.17, 15) is 4.79 Å². The van der Waals surface area contributed by atoms with Gasteiger partial charge in [0.25, 0.3) is 5.91 Å². The molecule has 1 heterocycles. The maximum Gasteiger partial charge on any atom is 0.270 e. The normalized spacial score (nSPS) is 10.5. The number of ether oxygens (including phenoxy) is 1. The number of aromatic nitrogens is 1. The number of methoxy groups -OCH3 is 1. The van der Waals surface area contributed by atoms with Crippen LogP contribution in [-0.4, -0.2) is 31.2 Å². The van der Waals surface area contributed by atoms with Gasteiger partial charge in [0.15, 0.2) is 0 Å². The summed E-state index contributed by atoms with van der Waals surface area (Å²) < 4.78 is 4.93. The first-order valence-corrected chi connectivity index (χ1v) is 8.30. The van der Waals surface area contributed by atoms with Gasteiger partial charge in [-0.3, -0.25) is 9.78 Å². The Bertz CT molecular complexity index is 664. The van der Waals surface area contributed by atoms with Crippen LogP contribution in [0.3, 0.4) is 0 Å². The Labute approximate surface area is 143 Å². The highest BCUT2D eigenvalue weighted by molar-refractivity contribution is 5.93. The van der Waals surface area contributed by atoms with E-state index in [2.05, 4.69) is 47.7 Å². The Hall–Kier alpha value is -2.40. The number of aryl methyl sites for hydroxylation is 2. The number of carbonyl (C=O) groups excluding carboxylic acids is 1. The first-order valence-electron chi connectivity index (χ1n) is 8.30. The average Bonchev–Trinajstić information content (AvgIpc) is 2.62. The molecule has 24 heavy (non-hydrogen) atoms. The van der Waals surface area contributed by atoms with Crippen LogP contribution in [0.25, 0.3) is 0 Å². The molecule has 1 amide bonds. The molecule has 5 heteroatoms. The zero-order valence-electron chi connectivity index (χ0n) is 14.6. The molecule has 5 nitrogen and oxygen atoms in total. The zero-order valence-corrected chi connectivity index (χ0v) is 14.6. The van der Waals surface area contributed by atoms with Crippen LogP contribution in [0.4, 0.5) is 11.4 Å². The lowest BCUT2D eigenvalue weighted by molar-refractivity contribution is 0.0932. The summed E-state index contributed by atoms with van der Waals surface area (Å²) in [7, 11) is 1.60. The minimum Gasteiger partial charge on any atom is -0.383 e. The lowest BCUT2D eigenvalue weighted by atomic mass is 10.0. The van der Waals surface area contributed by atoms with E-state index in [1.54, 1.807) is 19.4 Å². The molecule has 0 fully saturated rings. The highest BCUT2D eigenvalue weighted by Crippen LogP contribution is 2.26. The van der Waals surface area contributed by atoms with Crippen molar-refractivity contribution >= 4 is 17.3 Å². The average molecular weight is 327 g/mol. The van der Waals surface area contributed by atoms with Gasteiger partial charge >= 0.3 is 0 Å². The summed E-state index contributed by atoms with van der Waals surface area (Å²) in [4.78, 5) is 16.3. The summed E-state index contributed by atoms with van der Waals surface area (Å²) in [5.74, 6) is -0.199. The molecule has 0 saturated heterocycles. The standard InChI is InChI=1S/C19H25N3O2/c1-4-14-7-6-8-15(5-2)18(14)22-16-9-10-20-17(13-16)19(23)21-11-12-24-3/h6-10,13H,4-5,11-12H2,1-3H3,(H,20,22)(H,21,23). The van der Waals surface area contributed by atoms with Gasteiger partial charge in [-0.1, -0.05) is 32.0 Å². The number of pyridine rings is 1. The Morgan fingerprint density at radius 1 is 1.17 bits per heavy atom. The van der Waals surface area contributed by atoms with Gasteiger partial charge in [-0.25, -0.2) is 0 Å². The molecule has 0 saturated carbocycles. The first-order chi connectivity index (χ1) is 11.7.